The van der Waals surface area contributed by atoms with E-state index in [-0.39, 0.29) is 16.7 Å². The molecule has 0 aromatic heterocycles. The van der Waals surface area contributed by atoms with Crippen molar-refractivity contribution in [2.75, 3.05) is 6.61 Å². The molecule has 7 nitrogen and oxygen atoms in total. The molecule has 0 fully saturated rings. The fourth-order valence-electron chi connectivity index (χ4n) is 4.31. The van der Waals surface area contributed by atoms with Crippen LogP contribution in [0.1, 0.15) is 77.9 Å². The number of rotatable bonds is 7. The molecule has 0 radical (unpaired) electrons. The van der Waals surface area contributed by atoms with Crippen LogP contribution < -0.4 is 4.74 Å². The van der Waals surface area contributed by atoms with Crippen LogP contribution in [-0.2, 0) is 10.8 Å². The Balaban J connectivity index is 2.32. The van der Waals surface area contributed by atoms with E-state index in [4.69, 9.17) is 9.84 Å². The van der Waals surface area contributed by atoms with E-state index in [0.717, 1.165) is 0 Å². The molecular formula is C24H25F2NO6. The van der Waals surface area contributed by atoms with Crippen LogP contribution in [0.25, 0.3) is 0 Å². The number of benzene rings is 2. The van der Waals surface area contributed by atoms with Crippen molar-refractivity contribution in [3.05, 3.63) is 68.3 Å². The number of halogens is 2. The zero-order chi connectivity index (χ0) is 24.7. The van der Waals surface area contributed by atoms with Crippen molar-refractivity contribution in [1.29, 1.82) is 0 Å². The summed E-state index contributed by atoms with van der Waals surface area (Å²) in [4.78, 5) is 36.1. The number of nitrogens with zero attached hydrogens (tertiary/aromatic N) is 1. The highest BCUT2D eigenvalue weighted by Gasteiger charge is 2.45. The molecule has 2 aromatic rings. The van der Waals surface area contributed by atoms with E-state index in [1.54, 1.807) is 0 Å². The second-order valence-corrected chi connectivity index (χ2v) is 9.46. The van der Waals surface area contributed by atoms with Crippen molar-refractivity contribution < 1.29 is 33.1 Å². The van der Waals surface area contributed by atoms with E-state index < -0.39 is 52.0 Å². The number of nitro benzene ring substituents is 1. The molecule has 0 spiro atoms. The largest absolute Gasteiger partial charge is 0.480 e. The predicted octanol–water partition coefficient (Wildman–Crippen LogP) is 5.52. The standard InChI is InChI=1S/C24H25F2NO6/c1-23(2)9-10-24(3,4)18-16(23)11-15(21(19(18)27(31)32)33-12-17(25)26)20(28)13-5-7-14(8-6-13)22(29)30/h5-8,11,17H,9-10,12H2,1-4H3,(H,29,30). The first-order valence-electron chi connectivity index (χ1n) is 10.4. The summed E-state index contributed by atoms with van der Waals surface area (Å²) in [6.45, 7) is 6.41. The number of hydrogen-bond acceptors (Lipinski definition) is 5. The molecule has 0 heterocycles. The minimum atomic E-state index is -2.90. The Morgan fingerprint density at radius 2 is 1.64 bits per heavy atom. The van der Waals surface area contributed by atoms with Gasteiger partial charge in [-0.1, -0.05) is 39.8 Å². The first-order valence-corrected chi connectivity index (χ1v) is 10.4. The number of alkyl halides is 2. The Bertz CT molecular complexity index is 1120. The second kappa shape index (κ2) is 8.53. The van der Waals surface area contributed by atoms with Gasteiger partial charge in [-0.05, 0) is 47.4 Å². The maximum atomic E-state index is 13.4. The number of ether oxygens (including phenoxy) is 1. The minimum Gasteiger partial charge on any atom is -0.480 e. The number of ketones is 1. The molecule has 3 rings (SSSR count). The van der Waals surface area contributed by atoms with Crippen LogP contribution >= 0.6 is 0 Å². The van der Waals surface area contributed by atoms with E-state index in [2.05, 4.69) is 0 Å². The molecule has 0 aliphatic heterocycles. The van der Waals surface area contributed by atoms with E-state index in [1.807, 2.05) is 27.7 Å². The summed E-state index contributed by atoms with van der Waals surface area (Å²) >= 11 is 0. The normalized spacial score (nSPS) is 16.2. The Kier molecular flexibility index (Phi) is 6.28. The molecule has 0 bridgehead atoms. The summed E-state index contributed by atoms with van der Waals surface area (Å²) in [5.41, 5.74) is -0.818. The highest BCUT2D eigenvalue weighted by atomic mass is 19.3. The molecule has 1 N–H and O–H groups in total. The van der Waals surface area contributed by atoms with Crippen LogP contribution in [0.3, 0.4) is 0 Å². The average molecular weight is 461 g/mol. The summed E-state index contributed by atoms with van der Waals surface area (Å²) in [7, 11) is 0. The summed E-state index contributed by atoms with van der Waals surface area (Å²) < 4.78 is 31.2. The van der Waals surface area contributed by atoms with E-state index >= 15 is 0 Å². The van der Waals surface area contributed by atoms with Crippen molar-refractivity contribution in [3.63, 3.8) is 0 Å². The summed E-state index contributed by atoms with van der Waals surface area (Å²) in [5.74, 6) is -2.35. The van der Waals surface area contributed by atoms with Crippen molar-refractivity contribution in [2.45, 2.75) is 57.8 Å². The average Bonchev–Trinajstić information content (AvgIpc) is 2.73. The van der Waals surface area contributed by atoms with Gasteiger partial charge in [0.1, 0.15) is 6.61 Å². The molecule has 0 unspecified atom stereocenters. The lowest BCUT2D eigenvalue weighted by molar-refractivity contribution is -0.387. The maximum absolute atomic E-state index is 13.4. The zero-order valence-electron chi connectivity index (χ0n) is 18.8. The monoisotopic (exact) mass is 461 g/mol. The molecule has 1 aliphatic rings. The van der Waals surface area contributed by atoms with E-state index in [1.165, 1.54) is 30.3 Å². The lowest BCUT2D eigenvalue weighted by atomic mass is 9.62. The molecule has 0 atom stereocenters. The van der Waals surface area contributed by atoms with Gasteiger partial charge in [-0.15, -0.1) is 0 Å². The van der Waals surface area contributed by atoms with Gasteiger partial charge in [0, 0.05) is 11.1 Å². The van der Waals surface area contributed by atoms with Crippen LogP contribution in [-0.4, -0.2) is 34.8 Å². The molecule has 33 heavy (non-hydrogen) atoms. The number of hydrogen-bond donors (Lipinski definition) is 1. The van der Waals surface area contributed by atoms with Gasteiger partial charge in [0.2, 0.25) is 5.75 Å². The number of aromatic carboxylic acids is 1. The summed E-state index contributed by atoms with van der Waals surface area (Å²) in [5, 5.41) is 21.3. The number of carbonyl (C=O) groups excluding carboxylic acids is 1. The quantitative estimate of drug-likeness (QED) is 0.331. The van der Waals surface area contributed by atoms with Crippen molar-refractivity contribution in [2.24, 2.45) is 0 Å². The third-order valence-electron chi connectivity index (χ3n) is 6.21. The minimum absolute atomic E-state index is 0.0416. The van der Waals surface area contributed by atoms with Gasteiger partial charge < -0.3 is 9.84 Å². The molecule has 0 amide bonds. The third kappa shape index (κ3) is 4.58. The number of carboxylic acids is 1. The summed E-state index contributed by atoms with van der Waals surface area (Å²) in [6.07, 6.45) is -1.56. The van der Waals surface area contributed by atoms with E-state index in [9.17, 15) is 28.5 Å². The molecule has 176 valence electrons. The topological polar surface area (TPSA) is 107 Å². The van der Waals surface area contributed by atoms with Gasteiger partial charge >= 0.3 is 11.7 Å². The van der Waals surface area contributed by atoms with Gasteiger partial charge in [-0.3, -0.25) is 14.9 Å². The molecule has 0 saturated carbocycles. The van der Waals surface area contributed by atoms with Gasteiger partial charge in [0.25, 0.3) is 6.43 Å². The third-order valence-corrected chi connectivity index (χ3v) is 6.21. The Hall–Kier alpha value is -3.36. The maximum Gasteiger partial charge on any atom is 0.335 e. The van der Waals surface area contributed by atoms with Crippen LogP contribution in [0.4, 0.5) is 14.5 Å². The van der Waals surface area contributed by atoms with Gasteiger partial charge in [-0.2, -0.15) is 0 Å². The Labute approximate surface area is 189 Å². The molecule has 2 aromatic carbocycles. The first kappa shape index (κ1) is 24.3. The lowest BCUT2D eigenvalue weighted by Gasteiger charge is -2.41. The molecule has 9 heteroatoms. The number of carboxylic acid groups (broad SMARTS) is 1. The first-order chi connectivity index (χ1) is 15.3. The SMILES string of the molecule is CC1(C)CCC(C)(C)c2c1cc(C(=O)c1ccc(C(=O)O)cc1)c(OCC(F)F)c2[N+](=O)[O-]. The van der Waals surface area contributed by atoms with Crippen LogP contribution in [0.2, 0.25) is 0 Å². The fourth-order valence-corrected chi connectivity index (χ4v) is 4.31. The van der Waals surface area contributed by atoms with Crippen LogP contribution in [0.15, 0.2) is 30.3 Å². The Morgan fingerprint density at radius 3 is 2.15 bits per heavy atom. The van der Waals surface area contributed by atoms with Gasteiger partial charge in [0.15, 0.2) is 5.78 Å². The number of carbonyl (C=O) groups is 2. The predicted molar refractivity (Wildman–Crippen MR) is 117 cm³/mol. The highest BCUT2D eigenvalue weighted by molar-refractivity contribution is 6.12. The molecule has 0 saturated heterocycles. The van der Waals surface area contributed by atoms with Crippen LogP contribution in [0.5, 0.6) is 5.75 Å². The number of fused-ring (bicyclic) bond motifs is 1. The summed E-state index contributed by atoms with van der Waals surface area (Å²) in [6, 6.07) is 6.54. The number of nitro groups is 1. The van der Waals surface area contributed by atoms with Crippen molar-refractivity contribution >= 4 is 17.4 Å². The molecule has 1 aliphatic carbocycles. The Morgan fingerprint density at radius 1 is 1.09 bits per heavy atom. The molecular weight excluding hydrogens is 436 g/mol. The lowest BCUT2D eigenvalue weighted by Crippen LogP contribution is -2.35. The van der Waals surface area contributed by atoms with Crippen LogP contribution in [0, 0.1) is 10.1 Å². The zero-order valence-corrected chi connectivity index (χ0v) is 18.8. The van der Waals surface area contributed by atoms with Crippen molar-refractivity contribution in [1.82, 2.24) is 0 Å². The highest BCUT2D eigenvalue weighted by Crippen LogP contribution is 2.53. The smallest absolute Gasteiger partial charge is 0.335 e. The second-order valence-electron chi connectivity index (χ2n) is 9.46. The van der Waals surface area contributed by atoms with Gasteiger partial charge in [-0.25, -0.2) is 13.6 Å². The van der Waals surface area contributed by atoms with Crippen molar-refractivity contribution in [3.8, 4) is 5.75 Å². The fraction of sp³-hybridized carbons (Fsp3) is 0.417. The van der Waals surface area contributed by atoms with Gasteiger partial charge in [0.05, 0.1) is 16.1 Å². The van der Waals surface area contributed by atoms with E-state index in [0.29, 0.717) is 24.0 Å².